The first-order valence-electron chi connectivity index (χ1n) is 31.5. The van der Waals surface area contributed by atoms with Gasteiger partial charge in [-0.15, -0.1) is 0 Å². The third kappa shape index (κ3) is 12.2. The molecule has 0 bridgehead atoms. The predicted molar refractivity (Wildman–Crippen MR) is 476 cm³/mol. The lowest BCUT2D eigenvalue weighted by Gasteiger charge is -2.12. The molecule has 0 saturated heterocycles. The first kappa shape index (κ1) is 67.2. The van der Waals surface area contributed by atoms with Crippen LogP contribution in [0, 0.1) is 0 Å². The Kier molecular flexibility index (Phi) is 18.6. The van der Waals surface area contributed by atoms with Crippen molar-refractivity contribution >= 4 is 282 Å². The van der Waals surface area contributed by atoms with Gasteiger partial charge in [-0.2, -0.15) is 0 Å². The smallest absolute Gasteiger partial charge is 0.0718 e. The summed E-state index contributed by atoms with van der Waals surface area (Å²) in [5.74, 6) is 0. The Hall–Kier alpha value is -1.74. The molecule has 0 spiro atoms. The second-order valence-corrected chi connectivity index (χ2v) is 52.4. The van der Waals surface area contributed by atoms with Crippen LogP contribution in [0.4, 0.5) is 0 Å². The largest absolute Gasteiger partial charge is 0.0809 e. The Morgan fingerprint density at radius 3 is 0.422 bits per heavy atom. The van der Waals surface area contributed by atoms with Gasteiger partial charge in [-0.1, -0.05) is 391 Å². The molecule has 24 heteroatoms. The summed E-state index contributed by atoms with van der Waals surface area (Å²) in [4.78, 5) is 21.4. The molecule has 0 atom stereocenters. The molecule has 14 aliphatic rings. The van der Waals surface area contributed by atoms with Crippen LogP contribution in [0.3, 0.4) is 0 Å². The lowest BCUT2D eigenvalue weighted by atomic mass is 10.1. The van der Waals surface area contributed by atoms with Gasteiger partial charge in [0.2, 0.25) is 0 Å². The predicted octanol–water partition coefficient (Wildman–Crippen LogP) is 32.7. The minimum Gasteiger partial charge on any atom is -0.0809 e. The van der Waals surface area contributed by atoms with Gasteiger partial charge in [-0.3, -0.25) is 0 Å². The molecule has 0 nitrogen and oxygen atoms in total. The summed E-state index contributed by atoms with van der Waals surface area (Å²) in [5, 5.41) is 0. The Morgan fingerprint density at radius 2 is 0.265 bits per heavy atom. The highest BCUT2D eigenvalue weighted by Gasteiger charge is 2.47. The third-order valence-corrected chi connectivity index (χ3v) is 49.1. The van der Waals surface area contributed by atoms with Gasteiger partial charge in [0.05, 0.1) is 67.8 Å². The van der Waals surface area contributed by atoms with Gasteiger partial charge >= 0.3 is 0 Å². The van der Waals surface area contributed by atoms with Crippen LogP contribution in [0.2, 0.25) is 0 Å². The summed E-state index contributed by atoms with van der Waals surface area (Å²) in [5.41, 5.74) is 13.6. The molecule has 22 rings (SSSR count). The second kappa shape index (κ2) is 28.2. The normalized spacial score (nSPS) is 20.5. The van der Waals surface area contributed by atoms with E-state index in [2.05, 4.69) is 218 Å². The van der Waals surface area contributed by atoms with Crippen LogP contribution in [0.15, 0.2) is 420 Å². The molecule has 0 aromatic heterocycles. The summed E-state index contributed by atoms with van der Waals surface area (Å²) in [6.45, 7) is 0. The highest BCUT2D eigenvalue weighted by molar-refractivity contribution is 8.51. The zero-order valence-corrected chi connectivity index (χ0v) is 71.2. The van der Waals surface area contributed by atoms with E-state index in [9.17, 15) is 0 Å². The monoisotopic (exact) mass is 1740 g/mol. The van der Waals surface area contributed by atoms with Gasteiger partial charge in [0.15, 0.2) is 0 Å². The Balaban J connectivity index is 0.592. The van der Waals surface area contributed by atoms with Crippen LogP contribution in [0.5, 0.6) is 0 Å². The van der Waals surface area contributed by atoms with Gasteiger partial charge in [0.1, 0.15) is 0 Å². The average Bonchev–Trinajstić information content (AvgIpc) is 1.56. The molecule has 8 aromatic rings. The van der Waals surface area contributed by atoms with Crippen LogP contribution >= 0.6 is 282 Å². The maximum Gasteiger partial charge on any atom is 0.0718 e. The minimum atomic E-state index is 1.32. The minimum absolute atomic E-state index is 1.32. The molecule has 102 heavy (non-hydrogen) atoms. The number of hydrogen-bond acceptors (Lipinski definition) is 24. The van der Waals surface area contributed by atoms with E-state index in [1.54, 1.807) is 0 Å². The number of rotatable bonds is 2. The van der Waals surface area contributed by atoms with E-state index in [1.165, 1.54) is 202 Å². The standard InChI is InChI=1S/C78H36S24/c1-2-18-40-39(17-1)79-65(80-40)57-37(58(66-81-41-19-3-4-20-42(41)82-66)62(70-89-49-27-11-12-28-50(49)90-70)61(57)69-87-47-25-9-10-26-48(47)88-69)33-35-55-95-73-74(96-55)100-77(99-73)78-101-75-76(102-78)98-56(97-75)36-34-38-59(67-83-43-21-5-6-22-44(43)84-67)63(71-91-51-29-13-14-30-52(51)92-71)64(72-93-53-31-15-16-32-54(53)94-72)60(38)68-85-45-23-7-8-24-46(45)86-68/h1-36H. The Morgan fingerprint density at radius 1 is 0.127 bits per heavy atom. The Labute approximate surface area is 692 Å². The number of thioether (sulfide) groups is 24. The van der Waals surface area contributed by atoms with Gasteiger partial charge in [-0.25, -0.2) is 0 Å². The average molecular weight is 1740 g/mol. The van der Waals surface area contributed by atoms with Crippen molar-refractivity contribution in [1.82, 2.24) is 0 Å². The van der Waals surface area contributed by atoms with Gasteiger partial charge < -0.3 is 0 Å². The quantitative estimate of drug-likeness (QED) is 0.161. The van der Waals surface area contributed by atoms with Crippen molar-refractivity contribution in [1.29, 1.82) is 0 Å². The van der Waals surface area contributed by atoms with Gasteiger partial charge in [0.25, 0.3) is 0 Å². The molecule has 2 fully saturated rings. The highest BCUT2D eigenvalue weighted by atomic mass is 32.3. The number of hydrogen-bond donors (Lipinski definition) is 0. The summed E-state index contributed by atoms with van der Waals surface area (Å²) in [7, 11) is 0. The fourth-order valence-corrected chi connectivity index (χ4v) is 46.1. The molecule has 2 aliphatic carbocycles. The Bertz CT molecular complexity index is 4880. The van der Waals surface area contributed by atoms with E-state index in [-0.39, 0.29) is 0 Å². The van der Waals surface area contributed by atoms with Crippen molar-refractivity contribution in [2.45, 2.75) is 78.3 Å². The van der Waals surface area contributed by atoms with Crippen molar-refractivity contribution in [3.63, 3.8) is 0 Å². The molecule has 0 radical (unpaired) electrons. The highest BCUT2D eigenvalue weighted by Crippen LogP contribution is 2.76. The molecule has 8 aromatic carbocycles. The molecule has 492 valence electrons. The third-order valence-electron chi connectivity index (χ3n) is 17.0. The van der Waals surface area contributed by atoms with Gasteiger partial charge in [-0.05, 0) is 120 Å². The lowest BCUT2D eigenvalue weighted by Crippen LogP contribution is -1.90. The summed E-state index contributed by atoms with van der Waals surface area (Å²) < 4.78 is 22.0. The van der Waals surface area contributed by atoms with Crippen LogP contribution in [0.25, 0.3) is 0 Å². The number of fused-ring (bicyclic) bond motifs is 8. The van der Waals surface area contributed by atoms with Crippen molar-refractivity contribution in [2.75, 3.05) is 0 Å². The molecule has 0 amide bonds. The van der Waals surface area contributed by atoms with Crippen LogP contribution in [-0.2, 0) is 0 Å². The molecule has 12 heterocycles. The van der Waals surface area contributed by atoms with E-state index < -0.39 is 0 Å². The van der Waals surface area contributed by atoms with Crippen molar-refractivity contribution < 1.29 is 0 Å². The molecular weight excluding hydrogens is 1710 g/mol. The first-order chi connectivity index (χ1) is 50.4. The second-order valence-electron chi connectivity index (χ2n) is 23.2. The van der Waals surface area contributed by atoms with Crippen LogP contribution in [0.1, 0.15) is 0 Å². The van der Waals surface area contributed by atoms with E-state index in [0.29, 0.717) is 0 Å². The topological polar surface area (TPSA) is 0 Å². The van der Waals surface area contributed by atoms with Crippen molar-refractivity contribution in [3.8, 4) is 0 Å². The molecule has 2 saturated carbocycles. The van der Waals surface area contributed by atoms with E-state index in [0.717, 1.165) is 0 Å². The van der Waals surface area contributed by atoms with E-state index in [4.69, 9.17) is 0 Å². The molecular formula is C78H36S24. The maximum absolute atomic E-state index is 2.52. The molecule has 12 aliphatic heterocycles. The number of benzene rings is 8. The summed E-state index contributed by atoms with van der Waals surface area (Å²) in [6, 6.07) is 72.0. The van der Waals surface area contributed by atoms with E-state index >= 15 is 0 Å². The zero-order valence-electron chi connectivity index (χ0n) is 51.6. The van der Waals surface area contributed by atoms with Crippen LogP contribution in [-0.4, -0.2) is 0 Å². The van der Waals surface area contributed by atoms with Crippen LogP contribution < -0.4 is 0 Å². The number of allylic oxidation sites excluding steroid dienone is 14. The summed E-state index contributed by atoms with van der Waals surface area (Å²) >= 11 is 47.0. The van der Waals surface area contributed by atoms with E-state index in [1.807, 2.05) is 282 Å². The lowest BCUT2D eigenvalue weighted by molar-refractivity contribution is 1.27. The first-order valence-corrected chi connectivity index (χ1v) is 51.1. The molecule has 0 N–H and O–H groups in total. The summed E-state index contributed by atoms with van der Waals surface area (Å²) in [6.07, 6.45) is 9.97. The fourth-order valence-electron chi connectivity index (χ4n) is 12.6. The zero-order chi connectivity index (χ0) is 66.7. The van der Waals surface area contributed by atoms with Crippen molar-refractivity contribution in [3.05, 3.63) is 342 Å². The SMILES string of the molecule is C(C=C1C(=C2Sc3ccccc3S2)C(=C2Sc3ccccc3S2)C(=C2Sc3ccccc3S2)C1=C1Sc2ccccc2S1)=C1SC2=C(S1)SC(=C1SC3=C(SC(=CC=C4C(=C5Sc6ccccc6S5)C(=C5Sc6ccccc6S5)C(=C5Sc6ccccc6S5)C4=C4Sc5ccccc5S4)S3)S1)S2. The molecule has 0 unspecified atom stereocenters. The van der Waals surface area contributed by atoms with Crippen molar-refractivity contribution in [2.24, 2.45) is 0 Å². The maximum atomic E-state index is 2.52. The van der Waals surface area contributed by atoms with Gasteiger partial charge in [0, 0.05) is 123 Å². The fraction of sp³-hybridized carbons (Fsp3) is 0.